The smallest absolute Gasteiger partial charge is 0.125 e. The third-order valence-electron chi connectivity index (χ3n) is 3.29. The quantitative estimate of drug-likeness (QED) is 0.668. The average molecular weight is 342 g/mol. The van der Waals surface area contributed by atoms with Crippen LogP contribution in [0.3, 0.4) is 0 Å². The van der Waals surface area contributed by atoms with E-state index >= 15 is 0 Å². The van der Waals surface area contributed by atoms with Gasteiger partial charge in [0, 0.05) is 11.1 Å². The lowest BCUT2D eigenvalue weighted by Gasteiger charge is -2.24. The number of benzene rings is 2. The van der Waals surface area contributed by atoms with Crippen LogP contribution in [0.4, 0.5) is 0 Å². The number of para-hydroxylation sites is 2. The van der Waals surface area contributed by atoms with Crippen LogP contribution in [0.25, 0.3) is 0 Å². The maximum Gasteiger partial charge on any atom is 0.125 e. The molecule has 2 aromatic carbocycles. The third-order valence-corrected chi connectivity index (χ3v) is 3.29. The van der Waals surface area contributed by atoms with Crippen LogP contribution < -0.4 is 9.47 Å². The van der Waals surface area contributed by atoms with Crippen molar-refractivity contribution < 1.29 is 14.2 Å². The molecule has 2 aromatic rings. The van der Waals surface area contributed by atoms with Gasteiger partial charge in [0.15, 0.2) is 0 Å². The summed E-state index contributed by atoms with van der Waals surface area (Å²) in [5.41, 5.74) is 1.63. The molecule has 3 nitrogen and oxygen atoms in total. The maximum atomic E-state index is 6.02. The fourth-order valence-corrected chi connectivity index (χ4v) is 2.38. The zero-order valence-electron chi connectivity index (χ0n) is 16.3. The zero-order valence-corrected chi connectivity index (χ0v) is 16.3. The Kier molecular flexibility index (Phi) is 6.12. The van der Waals surface area contributed by atoms with E-state index in [9.17, 15) is 0 Å². The number of ether oxygens (including phenoxy) is 3. The van der Waals surface area contributed by atoms with Crippen LogP contribution in [0.2, 0.25) is 0 Å². The second-order valence-corrected chi connectivity index (χ2v) is 8.14. The minimum atomic E-state index is -0.233. The fourth-order valence-electron chi connectivity index (χ4n) is 2.38. The van der Waals surface area contributed by atoms with Gasteiger partial charge in [-0.1, -0.05) is 36.4 Å². The van der Waals surface area contributed by atoms with Crippen LogP contribution in [-0.2, 0) is 18.0 Å². The van der Waals surface area contributed by atoms with Crippen molar-refractivity contribution in [2.75, 3.05) is 0 Å². The van der Waals surface area contributed by atoms with Gasteiger partial charge >= 0.3 is 0 Å². The molecule has 0 aromatic heterocycles. The second-order valence-electron chi connectivity index (χ2n) is 8.14. The van der Waals surface area contributed by atoms with Crippen LogP contribution >= 0.6 is 0 Å². The highest BCUT2D eigenvalue weighted by atomic mass is 16.5. The molecule has 0 bridgehead atoms. The van der Waals surface area contributed by atoms with Gasteiger partial charge in [0.1, 0.15) is 22.7 Å². The first-order chi connectivity index (χ1) is 11.6. The van der Waals surface area contributed by atoms with Gasteiger partial charge in [0.2, 0.25) is 0 Å². The van der Waals surface area contributed by atoms with Gasteiger partial charge in [-0.05, 0) is 53.7 Å². The Morgan fingerprint density at radius 3 is 1.32 bits per heavy atom. The Balaban J connectivity index is 2.03. The molecule has 0 atom stereocenters. The first-order valence-corrected chi connectivity index (χ1v) is 8.76. The van der Waals surface area contributed by atoms with Crippen LogP contribution in [-0.4, -0.2) is 11.2 Å². The normalized spacial score (nSPS) is 12.1. The van der Waals surface area contributed by atoms with Gasteiger partial charge in [-0.25, -0.2) is 0 Å². The van der Waals surface area contributed by atoms with E-state index in [1.165, 1.54) is 0 Å². The van der Waals surface area contributed by atoms with Crippen LogP contribution in [0.1, 0.15) is 52.7 Å². The molecular formula is C22H30O3. The molecule has 0 fully saturated rings. The Morgan fingerprint density at radius 2 is 0.960 bits per heavy atom. The largest absolute Gasteiger partial charge is 0.488 e. The molecule has 0 radical (unpaired) electrons. The molecule has 0 aliphatic rings. The lowest BCUT2D eigenvalue weighted by Crippen LogP contribution is -2.24. The van der Waals surface area contributed by atoms with E-state index in [4.69, 9.17) is 14.2 Å². The van der Waals surface area contributed by atoms with Crippen molar-refractivity contribution >= 4 is 0 Å². The van der Waals surface area contributed by atoms with Crippen LogP contribution in [0.5, 0.6) is 11.5 Å². The van der Waals surface area contributed by atoms with E-state index in [0.717, 1.165) is 22.6 Å². The fraction of sp³-hybridized carbons (Fsp3) is 0.455. The van der Waals surface area contributed by atoms with Gasteiger partial charge in [0.05, 0.1) is 13.2 Å². The zero-order chi connectivity index (χ0) is 18.5. The minimum Gasteiger partial charge on any atom is -0.488 e. The van der Waals surface area contributed by atoms with Gasteiger partial charge in [0.25, 0.3) is 0 Å². The molecule has 3 heteroatoms. The van der Waals surface area contributed by atoms with E-state index < -0.39 is 0 Å². The van der Waals surface area contributed by atoms with E-state index in [-0.39, 0.29) is 11.2 Å². The molecule has 2 rings (SSSR count). The Morgan fingerprint density at radius 1 is 0.600 bits per heavy atom. The molecule has 25 heavy (non-hydrogen) atoms. The maximum absolute atomic E-state index is 6.02. The molecule has 0 amide bonds. The lowest BCUT2D eigenvalue weighted by atomic mass is 10.1. The van der Waals surface area contributed by atoms with Crippen molar-refractivity contribution in [2.45, 2.75) is 66.0 Å². The summed E-state index contributed by atoms with van der Waals surface area (Å²) >= 11 is 0. The summed E-state index contributed by atoms with van der Waals surface area (Å²) in [6.45, 7) is 13.3. The highest BCUT2D eigenvalue weighted by Gasteiger charge is 2.16. The summed E-state index contributed by atoms with van der Waals surface area (Å²) in [6, 6.07) is 16.0. The van der Waals surface area contributed by atoms with E-state index in [1.807, 2.05) is 90.1 Å². The molecule has 0 N–H and O–H groups in total. The van der Waals surface area contributed by atoms with Gasteiger partial charge in [-0.15, -0.1) is 0 Å². The van der Waals surface area contributed by atoms with E-state index in [0.29, 0.717) is 13.2 Å². The first-order valence-electron chi connectivity index (χ1n) is 8.76. The van der Waals surface area contributed by atoms with Crippen LogP contribution in [0.15, 0.2) is 48.5 Å². The highest BCUT2D eigenvalue weighted by molar-refractivity contribution is 5.34. The summed E-state index contributed by atoms with van der Waals surface area (Å²) in [5.74, 6) is 1.74. The molecule has 0 saturated carbocycles. The van der Waals surface area contributed by atoms with Gasteiger partial charge < -0.3 is 14.2 Å². The van der Waals surface area contributed by atoms with Crippen molar-refractivity contribution in [3.63, 3.8) is 0 Å². The average Bonchev–Trinajstić information content (AvgIpc) is 2.48. The molecule has 0 aliphatic heterocycles. The Hall–Kier alpha value is -2.00. The summed E-state index contributed by atoms with van der Waals surface area (Å²) in [5, 5.41) is 0. The van der Waals surface area contributed by atoms with Crippen molar-refractivity contribution in [1.82, 2.24) is 0 Å². The summed E-state index contributed by atoms with van der Waals surface area (Å²) in [7, 11) is 0. The molecule has 136 valence electrons. The SMILES string of the molecule is CC(C)(C)Oc1ccccc1COCc1ccccc1OC(C)(C)C. The predicted molar refractivity (Wildman–Crippen MR) is 102 cm³/mol. The molecule has 0 unspecified atom stereocenters. The molecule has 0 saturated heterocycles. The first kappa shape index (κ1) is 19.3. The summed E-state index contributed by atoms with van der Waals surface area (Å²) < 4.78 is 18.0. The molecule has 0 aliphatic carbocycles. The van der Waals surface area contributed by atoms with Crippen molar-refractivity contribution in [2.24, 2.45) is 0 Å². The Labute approximate surface area is 151 Å². The Bertz CT molecular complexity index is 619. The van der Waals surface area contributed by atoms with Crippen LogP contribution in [0, 0.1) is 0 Å². The standard InChI is InChI=1S/C22H30O3/c1-21(2,3)24-19-13-9-7-11-17(19)15-23-16-18-12-8-10-14-20(18)25-22(4,5)6/h7-14H,15-16H2,1-6H3. The number of hydrogen-bond donors (Lipinski definition) is 0. The summed E-state index contributed by atoms with van der Waals surface area (Å²) in [6.07, 6.45) is 0. The monoisotopic (exact) mass is 342 g/mol. The minimum absolute atomic E-state index is 0.233. The van der Waals surface area contributed by atoms with Gasteiger partial charge in [-0.3, -0.25) is 0 Å². The number of rotatable bonds is 6. The van der Waals surface area contributed by atoms with Gasteiger partial charge in [-0.2, -0.15) is 0 Å². The van der Waals surface area contributed by atoms with Crippen molar-refractivity contribution in [3.8, 4) is 11.5 Å². The molecular weight excluding hydrogens is 312 g/mol. The molecule has 0 heterocycles. The summed E-state index contributed by atoms with van der Waals surface area (Å²) in [4.78, 5) is 0. The lowest BCUT2D eigenvalue weighted by molar-refractivity contribution is 0.0868. The van der Waals surface area contributed by atoms with E-state index in [2.05, 4.69) is 0 Å². The topological polar surface area (TPSA) is 27.7 Å². The van der Waals surface area contributed by atoms with E-state index in [1.54, 1.807) is 0 Å². The number of hydrogen-bond acceptors (Lipinski definition) is 3. The second kappa shape index (κ2) is 7.92. The van der Waals surface area contributed by atoms with Crippen molar-refractivity contribution in [3.05, 3.63) is 59.7 Å². The van der Waals surface area contributed by atoms with Crippen molar-refractivity contribution in [1.29, 1.82) is 0 Å². The highest BCUT2D eigenvalue weighted by Crippen LogP contribution is 2.26. The predicted octanol–water partition coefficient (Wildman–Crippen LogP) is 5.76. The third kappa shape index (κ3) is 6.79. The molecule has 0 spiro atoms.